The average Bonchev–Trinajstić information content (AvgIpc) is 2.88. The quantitative estimate of drug-likeness (QED) is 0.891. The van der Waals surface area contributed by atoms with Gasteiger partial charge in [0, 0.05) is 11.6 Å². The lowest BCUT2D eigenvalue weighted by atomic mass is 10.1. The molecule has 0 bridgehead atoms. The molecule has 0 unspecified atom stereocenters. The fraction of sp³-hybridized carbons (Fsp3) is 0.231. The molecule has 0 saturated heterocycles. The van der Waals surface area contributed by atoms with Gasteiger partial charge in [0.1, 0.15) is 13.2 Å². The molecule has 1 N–H and O–H groups in total. The summed E-state index contributed by atoms with van der Waals surface area (Å²) in [5.41, 5.74) is 1.49. The third-order valence-corrected chi connectivity index (χ3v) is 2.84. The highest BCUT2D eigenvalue weighted by atomic mass is 16.6. The first-order valence-electron chi connectivity index (χ1n) is 5.76. The number of ether oxygens (including phenoxy) is 2. The van der Waals surface area contributed by atoms with Gasteiger partial charge in [-0.1, -0.05) is 5.16 Å². The molecule has 1 aromatic carbocycles. The van der Waals surface area contributed by atoms with E-state index in [4.69, 9.17) is 19.1 Å². The third kappa shape index (κ3) is 2.01. The van der Waals surface area contributed by atoms with Gasteiger partial charge in [0.15, 0.2) is 23.0 Å². The Morgan fingerprint density at radius 1 is 1.26 bits per heavy atom. The van der Waals surface area contributed by atoms with Crippen LogP contribution in [0.5, 0.6) is 11.5 Å². The number of carbonyl (C=O) groups is 1. The van der Waals surface area contributed by atoms with Crippen LogP contribution in [0.2, 0.25) is 0 Å². The van der Waals surface area contributed by atoms with E-state index in [9.17, 15) is 4.79 Å². The number of aromatic carboxylic acids is 1. The number of rotatable bonds is 2. The van der Waals surface area contributed by atoms with Crippen molar-refractivity contribution in [2.75, 3.05) is 13.2 Å². The Morgan fingerprint density at radius 2 is 2.05 bits per heavy atom. The van der Waals surface area contributed by atoms with E-state index in [1.54, 1.807) is 6.07 Å². The minimum atomic E-state index is -1.12. The van der Waals surface area contributed by atoms with Crippen molar-refractivity contribution in [3.05, 3.63) is 29.5 Å². The molecule has 2 heterocycles. The van der Waals surface area contributed by atoms with Crippen LogP contribution in [-0.4, -0.2) is 29.4 Å². The molecule has 0 atom stereocenters. The number of carboxylic acid groups (broad SMARTS) is 1. The molecule has 0 aliphatic carbocycles. The van der Waals surface area contributed by atoms with E-state index >= 15 is 0 Å². The van der Waals surface area contributed by atoms with E-state index in [2.05, 4.69) is 5.16 Å². The van der Waals surface area contributed by atoms with Crippen molar-refractivity contribution < 1.29 is 23.9 Å². The molecule has 98 valence electrons. The van der Waals surface area contributed by atoms with E-state index in [0.717, 1.165) is 5.56 Å². The standard InChI is InChI=1S/C13H11NO5/c1-7-4-8(5-11-12(7)18-3-2-17-11)10-6-9(13(15)16)14-19-10/h4-6H,2-3H2,1H3,(H,15,16). The minimum Gasteiger partial charge on any atom is -0.486 e. The van der Waals surface area contributed by atoms with Crippen LogP contribution in [0.1, 0.15) is 16.1 Å². The van der Waals surface area contributed by atoms with Gasteiger partial charge in [0.05, 0.1) is 0 Å². The fourth-order valence-corrected chi connectivity index (χ4v) is 1.98. The smallest absolute Gasteiger partial charge is 0.358 e. The average molecular weight is 261 g/mol. The van der Waals surface area contributed by atoms with Gasteiger partial charge in [0.25, 0.3) is 0 Å². The van der Waals surface area contributed by atoms with Gasteiger partial charge in [-0.05, 0) is 24.6 Å². The summed E-state index contributed by atoms with van der Waals surface area (Å²) in [5.74, 6) is 0.615. The predicted molar refractivity (Wildman–Crippen MR) is 64.6 cm³/mol. The van der Waals surface area contributed by atoms with Crippen molar-refractivity contribution in [1.29, 1.82) is 0 Å². The second-order valence-electron chi connectivity index (χ2n) is 4.20. The summed E-state index contributed by atoms with van der Waals surface area (Å²) in [6, 6.07) is 4.99. The summed E-state index contributed by atoms with van der Waals surface area (Å²) in [7, 11) is 0. The van der Waals surface area contributed by atoms with Crippen molar-refractivity contribution in [3.8, 4) is 22.8 Å². The molecule has 1 aromatic heterocycles. The van der Waals surface area contributed by atoms with Crippen LogP contribution >= 0.6 is 0 Å². The number of aromatic nitrogens is 1. The molecule has 2 aromatic rings. The van der Waals surface area contributed by atoms with Crippen LogP contribution in [0.4, 0.5) is 0 Å². The topological polar surface area (TPSA) is 81.8 Å². The van der Waals surface area contributed by atoms with E-state index in [0.29, 0.717) is 36.0 Å². The number of hydrogen-bond donors (Lipinski definition) is 1. The lowest BCUT2D eigenvalue weighted by molar-refractivity contribution is 0.0686. The van der Waals surface area contributed by atoms with Crippen molar-refractivity contribution >= 4 is 5.97 Å². The van der Waals surface area contributed by atoms with Crippen molar-refractivity contribution in [2.24, 2.45) is 0 Å². The number of benzene rings is 1. The van der Waals surface area contributed by atoms with Crippen LogP contribution < -0.4 is 9.47 Å². The number of carboxylic acids is 1. The van der Waals surface area contributed by atoms with Crippen LogP contribution in [0, 0.1) is 6.92 Å². The molecule has 0 saturated carbocycles. The Bertz CT molecular complexity index is 646. The molecule has 3 rings (SSSR count). The maximum Gasteiger partial charge on any atom is 0.358 e. The summed E-state index contributed by atoms with van der Waals surface area (Å²) in [6.45, 7) is 2.91. The first kappa shape index (κ1) is 11.6. The molecule has 1 aliphatic heterocycles. The maximum atomic E-state index is 10.8. The number of nitrogens with zero attached hydrogens (tertiary/aromatic N) is 1. The van der Waals surface area contributed by atoms with Gasteiger partial charge < -0.3 is 19.1 Å². The Labute approximate surface area is 108 Å². The lowest BCUT2D eigenvalue weighted by Gasteiger charge is -2.20. The molecule has 19 heavy (non-hydrogen) atoms. The molecule has 0 radical (unpaired) electrons. The Balaban J connectivity index is 2.05. The first-order chi connectivity index (χ1) is 9.15. The summed E-state index contributed by atoms with van der Waals surface area (Å²) < 4.78 is 16.1. The van der Waals surface area contributed by atoms with Gasteiger partial charge in [-0.25, -0.2) is 4.79 Å². The molecular formula is C13H11NO5. The molecule has 0 spiro atoms. The normalized spacial score (nSPS) is 13.3. The van der Waals surface area contributed by atoms with Gasteiger partial charge in [-0.2, -0.15) is 0 Å². The second kappa shape index (κ2) is 4.31. The number of hydrogen-bond acceptors (Lipinski definition) is 5. The second-order valence-corrected chi connectivity index (χ2v) is 4.20. The van der Waals surface area contributed by atoms with Crippen molar-refractivity contribution in [1.82, 2.24) is 5.16 Å². The highest BCUT2D eigenvalue weighted by Gasteiger charge is 2.18. The predicted octanol–water partition coefficient (Wildman–Crippen LogP) is 2.12. The van der Waals surface area contributed by atoms with Crippen LogP contribution in [-0.2, 0) is 0 Å². The Kier molecular flexibility index (Phi) is 2.63. The van der Waals surface area contributed by atoms with Gasteiger partial charge in [-0.3, -0.25) is 0 Å². The number of fused-ring (bicyclic) bond motifs is 1. The molecule has 6 heteroatoms. The largest absolute Gasteiger partial charge is 0.486 e. The van der Waals surface area contributed by atoms with Crippen molar-refractivity contribution in [3.63, 3.8) is 0 Å². The van der Waals surface area contributed by atoms with Gasteiger partial charge in [-0.15, -0.1) is 0 Å². The summed E-state index contributed by atoms with van der Waals surface area (Å²) >= 11 is 0. The zero-order valence-corrected chi connectivity index (χ0v) is 10.2. The van der Waals surface area contributed by atoms with Crippen LogP contribution in [0.3, 0.4) is 0 Å². The van der Waals surface area contributed by atoms with E-state index in [1.807, 2.05) is 13.0 Å². The first-order valence-corrected chi connectivity index (χ1v) is 5.76. The zero-order chi connectivity index (χ0) is 13.4. The summed E-state index contributed by atoms with van der Waals surface area (Å²) in [5, 5.41) is 12.3. The van der Waals surface area contributed by atoms with Gasteiger partial charge >= 0.3 is 5.97 Å². The maximum absolute atomic E-state index is 10.8. The van der Waals surface area contributed by atoms with Crippen LogP contribution in [0.15, 0.2) is 22.7 Å². The highest BCUT2D eigenvalue weighted by Crippen LogP contribution is 2.38. The monoisotopic (exact) mass is 261 g/mol. The van der Waals surface area contributed by atoms with E-state index in [-0.39, 0.29) is 5.69 Å². The third-order valence-electron chi connectivity index (χ3n) is 2.84. The minimum absolute atomic E-state index is 0.123. The SMILES string of the molecule is Cc1cc(-c2cc(C(=O)O)no2)cc2c1OCCO2. The van der Waals surface area contributed by atoms with E-state index < -0.39 is 5.97 Å². The molecular weight excluding hydrogens is 250 g/mol. The highest BCUT2D eigenvalue weighted by molar-refractivity contribution is 5.86. The molecule has 0 amide bonds. The molecule has 0 fully saturated rings. The van der Waals surface area contributed by atoms with Gasteiger partial charge in [0.2, 0.25) is 0 Å². The zero-order valence-electron chi connectivity index (χ0n) is 10.2. The van der Waals surface area contributed by atoms with Crippen molar-refractivity contribution in [2.45, 2.75) is 6.92 Å². The Morgan fingerprint density at radius 3 is 2.79 bits per heavy atom. The molecule has 6 nitrogen and oxygen atoms in total. The number of aryl methyl sites for hydroxylation is 1. The van der Waals surface area contributed by atoms with Crippen LogP contribution in [0.25, 0.3) is 11.3 Å². The Hall–Kier alpha value is -2.50. The molecule has 1 aliphatic rings. The summed E-state index contributed by atoms with van der Waals surface area (Å²) in [4.78, 5) is 10.8. The van der Waals surface area contributed by atoms with E-state index in [1.165, 1.54) is 6.07 Å². The fourth-order valence-electron chi connectivity index (χ4n) is 1.98. The lowest BCUT2D eigenvalue weighted by Crippen LogP contribution is -2.16. The summed E-state index contributed by atoms with van der Waals surface area (Å²) in [6.07, 6.45) is 0.